The van der Waals surface area contributed by atoms with Gasteiger partial charge in [-0.1, -0.05) is 48.5 Å². The second-order valence-corrected chi connectivity index (χ2v) is 9.80. The van der Waals surface area contributed by atoms with E-state index in [9.17, 15) is 22.8 Å². The van der Waals surface area contributed by atoms with Crippen molar-refractivity contribution in [1.29, 1.82) is 0 Å². The van der Waals surface area contributed by atoms with Crippen molar-refractivity contribution in [3.05, 3.63) is 59.7 Å². The topological polar surface area (TPSA) is 151 Å². The van der Waals surface area contributed by atoms with E-state index in [4.69, 9.17) is 9.84 Å². The molecule has 1 unspecified atom stereocenters. The average Bonchev–Trinajstić information content (AvgIpc) is 3.13. The first kappa shape index (κ1) is 25.2. The number of amides is 2. The number of nitrogens with one attached hydrogen (secondary N) is 3. The van der Waals surface area contributed by atoms with Crippen LogP contribution in [0.15, 0.2) is 48.5 Å². The second-order valence-electron chi connectivity index (χ2n) is 7.71. The summed E-state index contributed by atoms with van der Waals surface area (Å²) in [5.41, 5.74) is 4.17. The zero-order valence-corrected chi connectivity index (χ0v) is 19.4. The molecule has 34 heavy (non-hydrogen) atoms. The molecule has 0 fully saturated rings. The van der Waals surface area contributed by atoms with Crippen LogP contribution in [0.3, 0.4) is 0 Å². The van der Waals surface area contributed by atoms with Crippen molar-refractivity contribution in [2.75, 3.05) is 25.4 Å². The summed E-state index contributed by atoms with van der Waals surface area (Å²) in [5, 5.41) is 13.8. The molecule has 0 heterocycles. The van der Waals surface area contributed by atoms with Crippen molar-refractivity contribution < 1.29 is 32.6 Å². The summed E-state index contributed by atoms with van der Waals surface area (Å²) in [5.74, 6) is -2.33. The molecule has 1 atom stereocenters. The third-order valence-corrected chi connectivity index (χ3v) is 6.86. The van der Waals surface area contributed by atoms with Gasteiger partial charge < -0.3 is 20.5 Å². The molecule has 0 saturated heterocycles. The maximum Gasteiger partial charge on any atom is 0.407 e. The first-order valence-electron chi connectivity index (χ1n) is 10.8. The summed E-state index contributed by atoms with van der Waals surface area (Å²) in [6.45, 7) is 1.36. The van der Waals surface area contributed by atoms with Gasteiger partial charge in [0.15, 0.2) is 0 Å². The van der Waals surface area contributed by atoms with E-state index < -0.39 is 40.5 Å². The van der Waals surface area contributed by atoms with Crippen molar-refractivity contribution in [2.24, 2.45) is 0 Å². The number of ether oxygens (including phenoxy) is 1. The van der Waals surface area contributed by atoms with Gasteiger partial charge in [-0.3, -0.25) is 9.59 Å². The Kier molecular flexibility index (Phi) is 8.24. The van der Waals surface area contributed by atoms with Crippen LogP contribution in [-0.4, -0.2) is 63.0 Å². The number of hydrogen-bond donors (Lipinski definition) is 4. The first-order chi connectivity index (χ1) is 16.2. The van der Waals surface area contributed by atoms with E-state index in [0.717, 1.165) is 22.3 Å². The molecule has 4 N–H and O–H groups in total. The molecule has 0 bridgehead atoms. The number of carboxylic acid groups (broad SMARTS) is 1. The molecule has 2 aromatic rings. The van der Waals surface area contributed by atoms with Crippen LogP contribution >= 0.6 is 0 Å². The molecule has 3 rings (SSSR count). The third-order valence-electron chi connectivity index (χ3n) is 5.46. The lowest BCUT2D eigenvalue weighted by atomic mass is 9.98. The fraction of sp³-hybridized carbons (Fsp3) is 0.348. The molecule has 10 nitrogen and oxygen atoms in total. The molecule has 0 radical (unpaired) electrons. The number of hydrogen-bond acceptors (Lipinski definition) is 6. The summed E-state index contributed by atoms with van der Waals surface area (Å²) in [7, 11) is -3.42. The Bertz CT molecular complexity index is 1120. The van der Waals surface area contributed by atoms with Crippen LogP contribution < -0.4 is 15.4 Å². The first-order valence-corrected chi connectivity index (χ1v) is 12.5. The van der Waals surface area contributed by atoms with Crippen LogP contribution in [0.5, 0.6) is 0 Å². The fourth-order valence-corrected chi connectivity index (χ4v) is 4.40. The monoisotopic (exact) mass is 489 g/mol. The quantitative estimate of drug-likeness (QED) is 0.349. The van der Waals surface area contributed by atoms with Crippen molar-refractivity contribution >= 4 is 28.0 Å². The highest BCUT2D eigenvalue weighted by atomic mass is 32.2. The minimum absolute atomic E-state index is 0.0140. The highest BCUT2D eigenvalue weighted by Gasteiger charge is 2.30. The van der Waals surface area contributed by atoms with Crippen molar-refractivity contribution in [1.82, 2.24) is 15.4 Å². The molecule has 2 aromatic carbocycles. The van der Waals surface area contributed by atoms with Crippen LogP contribution in [0.2, 0.25) is 0 Å². The van der Waals surface area contributed by atoms with E-state index in [2.05, 4.69) is 15.4 Å². The molecule has 1 aliphatic rings. The Balaban J connectivity index is 1.58. The lowest BCUT2D eigenvalue weighted by molar-refractivity contribution is -0.139. The molecule has 1 aliphatic carbocycles. The summed E-state index contributed by atoms with van der Waals surface area (Å²) in [4.78, 5) is 36.0. The molecule has 0 aliphatic heterocycles. The normalized spacial score (nSPS) is 13.4. The number of carbonyl (C=O) groups is 3. The van der Waals surface area contributed by atoms with Gasteiger partial charge in [0.1, 0.15) is 12.6 Å². The van der Waals surface area contributed by atoms with E-state index in [1.807, 2.05) is 48.5 Å². The van der Waals surface area contributed by atoms with Crippen LogP contribution in [0.1, 0.15) is 30.4 Å². The Labute approximate surface area is 197 Å². The van der Waals surface area contributed by atoms with Gasteiger partial charge in [-0.05, 0) is 29.2 Å². The van der Waals surface area contributed by atoms with E-state index >= 15 is 0 Å². The summed E-state index contributed by atoms with van der Waals surface area (Å²) < 4.78 is 30.5. The number of benzene rings is 2. The maximum atomic E-state index is 12.4. The minimum Gasteiger partial charge on any atom is -0.481 e. The van der Waals surface area contributed by atoms with Gasteiger partial charge in [-0.25, -0.2) is 17.9 Å². The van der Waals surface area contributed by atoms with Crippen LogP contribution in [0.4, 0.5) is 4.79 Å². The molecule has 0 aromatic heterocycles. The SMILES string of the molecule is CCS(=O)(=O)NCCNC(=O)C(CC(=O)O)NC(=O)OCC1c2ccccc2-c2ccccc21. The maximum absolute atomic E-state index is 12.4. The smallest absolute Gasteiger partial charge is 0.407 e. The van der Waals surface area contributed by atoms with Crippen LogP contribution in [0.25, 0.3) is 11.1 Å². The molecular weight excluding hydrogens is 462 g/mol. The number of rotatable bonds is 11. The van der Waals surface area contributed by atoms with Gasteiger partial charge in [0.2, 0.25) is 15.9 Å². The van der Waals surface area contributed by atoms with Crippen molar-refractivity contribution in [3.8, 4) is 11.1 Å². The van der Waals surface area contributed by atoms with Gasteiger partial charge >= 0.3 is 12.1 Å². The lowest BCUT2D eigenvalue weighted by Gasteiger charge is -2.18. The zero-order valence-electron chi connectivity index (χ0n) is 18.6. The Morgan fingerprint density at radius 1 is 1.00 bits per heavy atom. The van der Waals surface area contributed by atoms with Crippen LogP contribution in [0, 0.1) is 0 Å². The summed E-state index contributed by atoms with van der Waals surface area (Å²) >= 11 is 0. The van der Waals surface area contributed by atoms with Gasteiger partial charge in [-0.15, -0.1) is 0 Å². The van der Waals surface area contributed by atoms with Gasteiger partial charge in [-0.2, -0.15) is 0 Å². The van der Waals surface area contributed by atoms with E-state index in [1.54, 1.807) is 0 Å². The average molecular weight is 490 g/mol. The van der Waals surface area contributed by atoms with Gasteiger partial charge in [0.05, 0.1) is 12.2 Å². The van der Waals surface area contributed by atoms with Gasteiger partial charge in [0, 0.05) is 19.0 Å². The van der Waals surface area contributed by atoms with E-state index in [0.29, 0.717) is 0 Å². The largest absolute Gasteiger partial charge is 0.481 e. The Morgan fingerprint density at radius 3 is 2.15 bits per heavy atom. The predicted octanol–water partition coefficient (Wildman–Crippen LogP) is 1.42. The fourth-order valence-electron chi connectivity index (χ4n) is 3.78. The molecule has 182 valence electrons. The highest BCUT2D eigenvalue weighted by Crippen LogP contribution is 2.44. The van der Waals surface area contributed by atoms with E-state index in [-0.39, 0.29) is 31.4 Å². The Morgan fingerprint density at radius 2 is 1.59 bits per heavy atom. The Hall–Kier alpha value is -3.44. The number of sulfonamides is 1. The summed E-state index contributed by atoms with van der Waals surface area (Å²) in [6.07, 6.45) is -1.58. The standard InChI is InChI=1S/C23H27N3O7S/c1-2-34(31,32)25-12-11-24-22(29)20(13-21(27)28)26-23(30)33-14-19-17-9-5-3-7-15(17)16-8-4-6-10-18(16)19/h3-10,19-20,25H,2,11-14H2,1H3,(H,24,29)(H,26,30)(H,27,28). The number of fused-ring (bicyclic) bond motifs is 3. The third kappa shape index (κ3) is 6.33. The molecule has 11 heteroatoms. The lowest BCUT2D eigenvalue weighted by Crippen LogP contribution is -2.49. The molecule has 0 saturated carbocycles. The summed E-state index contributed by atoms with van der Waals surface area (Å²) in [6, 6.07) is 14.3. The van der Waals surface area contributed by atoms with E-state index in [1.165, 1.54) is 6.92 Å². The molecular formula is C23H27N3O7S. The number of carboxylic acids is 1. The van der Waals surface area contributed by atoms with Crippen LogP contribution in [-0.2, 0) is 24.3 Å². The predicted molar refractivity (Wildman–Crippen MR) is 125 cm³/mol. The number of aliphatic carboxylic acids is 1. The zero-order chi connectivity index (χ0) is 24.7. The molecule has 0 spiro atoms. The highest BCUT2D eigenvalue weighted by molar-refractivity contribution is 7.89. The van der Waals surface area contributed by atoms with Crippen molar-refractivity contribution in [2.45, 2.75) is 25.3 Å². The van der Waals surface area contributed by atoms with Crippen molar-refractivity contribution in [3.63, 3.8) is 0 Å². The second kappa shape index (κ2) is 11.1. The number of carbonyl (C=O) groups excluding carboxylic acids is 2. The minimum atomic E-state index is -3.42. The van der Waals surface area contributed by atoms with Gasteiger partial charge in [0.25, 0.3) is 0 Å². The number of alkyl carbamates (subject to hydrolysis) is 1. The molecule has 2 amide bonds.